The maximum Gasteiger partial charge on any atom is 0.224 e. The van der Waals surface area contributed by atoms with Crippen LogP contribution in [0.3, 0.4) is 0 Å². The molecule has 1 aromatic rings. The Morgan fingerprint density at radius 3 is 1.44 bits per heavy atom. The summed E-state index contributed by atoms with van der Waals surface area (Å²) in [4.78, 5) is 12.6. The number of amides is 1. The average molecular weight is 488 g/mol. The lowest BCUT2D eigenvalue weighted by Crippen LogP contribution is -2.15. The Morgan fingerprint density at radius 1 is 0.667 bits per heavy atom. The van der Waals surface area contributed by atoms with Gasteiger partial charge in [-0.1, -0.05) is 126 Å². The average Bonchev–Trinajstić information content (AvgIpc) is 2.85. The van der Waals surface area contributed by atoms with Gasteiger partial charge in [-0.2, -0.15) is 0 Å². The minimum atomic E-state index is 0.0875. The molecule has 0 fully saturated rings. The molecule has 0 aromatic heterocycles. The number of carbonyl (C=O) groups is 1. The number of para-hydroxylation sites is 1. The molecule has 0 aliphatic heterocycles. The number of anilines is 1. The van der Waals surface area contributed by atoms with Crippen LogP contribution < -0.4 is 5.32 Å². The molecule has 1 rings (SSSR count). The van der Waals surface area contributed by atoms with Gasteiger partial charge >= 0.3 is 0 Å². The van der Waals surface area contributed by atoms with E-state index in [4.69, 9.17) is 0 Å². The summed E-state index contributed by atoms with van der Waals surface area (Å²) in [6.07, 6.45) is 33.6. The molecule has 0 spiro atoms. The van der Waals surface area contributed by atoms with E-state index in [0.717, 1.165) is 50.6 Å². The van der Waals surface area contributed by atoms with Gasteiger partial charge in [0.1, 0.15) is 0 Å². The molecule has 1 N–H and O–H groups in total. The second kappa shape index (κ2) is 20.3. The highest BCUT2D eigenvalue weighted by molar-refractivity contribution is 5.92. The summed E-state index contributed by atoms with van der Waals surface area (Å²) in [6, 6.07) is 6.34. The second-order valence-electron chi connectivity index (χ2n) is 9.62. The third kappa shape index (κ3) is 14.5. The molecule has 0 atom stereocenters. The van der Waals surface area contributed by atoms with Crippen LogP contribution in [0.25, 0.3) is 0 Å². The molecule has 1 aromatic carbocycles. The number of allylic oxidation sites excluding steroid dienone is 12. The van der Waals surface area contributed by atoms with Gasteiger partial charge in [-0.3, -0.25) is 4.79 Å². The van der Waals surface area contributed by atoms with Crippen LogP contribution in [0.1, 0.15) is 109 Å². The summed E-state index contributed by atoms with van der Waals surface area (Å²) in [5.41, 5.74) is 3.43. The molecular formula is C34H49NO. The molecule has 0 radical (unpaired) electrons. The van der Waals surface area contributed by atoms with Crippen LogP contribution >= 0.6 is 0 Å². The number of hydrogen-bond donors (Lipinski definition) is 1. The van der Waals surface area contributed by atoms with Gasteiger partial charge in [0.2, 0.25) is 5.91 Å². The van der Waals surface area contributed by atoms with Gasteiger partial charge in [0.25, 0.3) is 0 Å². The molecular weight excluding hydrogens is 438 g/mol. The zero-order valence-electron chi connectivity index (χ0n) is 23.4. The Balaban J connectivity index is 2.23. The number of carbonyl (C=O) groups excluding carboxylic acids is 1. The molecule has 0 aliphatic rings. The van der Waals surface area contributed by atoms with Crippen LogP contribution in [0.5, 0.6) is 0 Å². The van der Waals surface area contributed by atoms with Crippen molar-refractivity contribution in [2.45, 2.75) is 97.8 Å². The summed E-state index contributed by atoms with van der Waals surface area (Å²) in [7, 11) is 0. The van der Waals surface area contributed by atoms with Gasteiger partial charge < -0.3 is 5.32 Å². The summed E-state index contributed by atoms with van der Waals surface area (Å²) < 4.78 is 0. The van der Waals surface area contributed by atoms with Crippen molar-refractivity contribution in [2.75, 3.05) is 5.32 Å². The fourth-order valence-corrected chi connectivity index (χ4v) is 3.75. The van der Waals surface area contributed by atoms with Gasteiger partial charge in [0.05, 0.1) is 0 Å². The lowest BCUT2D eigenvalue weighted by Gasteiger charge is -2.20. The van der Waals surface area contributed by atoms with Crippen LogP contribution in [-0.2, 0) is 4.79 Å². The summed E-state index contributed by atoms with van der Waals surface area (Å²) >= 11 is 0. The van der Waals surface area contributed by atoms with E-state index >= 15 is 0 Å². The van der Waals surface area contributed by atoms with Crippen molar-refractivity contribution in [2.24, 2.45) is 0 Å². The monoisotopic (exact) mass is 487 g/mol. The Hall–Kier alpha value is -2.87. The van der Waals surface area contributed by atoms with Crippen molar-refractivity contribution in [1.82, 2.24) is 0 Å². The first-order valence-corrected chi connectivity index (χ1v) is 13.8. The Labute approximate surface area is 221 Å². The first kappa shape index (κ1) is 31.2. The second-order valence-corrected chi connectivity index (χ2v) is 9.62. The van der Waals surface area contributed by atoms with Crippen LogP contribution in [0, 0.1) is 0 Å². The van der Waals surface area contributed by atoms with E-state index in [1.165, 1.54) is 11.1 Å². The topological polar surface area (TPSA) is 29.1 Å². The van der Waals surface area contributed by atoms with Crippen LogP contribution in [0.4, 0.5) is 5.69 Å². The van der Waals surface area contributed by atoms with Crippen LogP contribution in [0.2, 0.25) is 0 Å². The molecule has 0 saturated heterocycles. The zero-order valence-corrected chi connectivity index (χ0v) is 23.4. The van der Waals surface area contributed by atoms with E-state index < -0.39 is 0 Å². The molecule has 0 aliphatic carbocycles. The number of benzene rings is 1. The highest BCUT2D eigenvalue weighted by Crippen LogP contribution is 2.32. The quantitative estimate of drug-likeness (QED) is 0.217. The van der Waals surface area contributed by atoms with E-state index in [0.29, 0.717) is 18.3 Å². The molecule has 2 heteroatoms. The van der Waals surface area contributed by atoms with E-state index in [2.05, 4.69) is 131 Å². The number of nitrogens with one attached hydrogen (secondary N) is 1. The van der Waals surface area contributed by atoms with Gasteiger partial charge in [0.15, 0.2) is 0 Å². The Morgan fingerprint density at radius 2 is 1.06 bits per heavy atom. The molecule has 0 saturated carbocycles. The number of rotatable bonds is 17. The normalized spacial score (nSPS) is 12.9. The highest BCUT2D eigenvalue weighted by atomic mass is 16.1. The van der Waals surface area contributed by atoms with Crippen molar-refractivity contribution < 1.29 is 4.79 Å². The smallest absolute Gasteiger partial charge is 0.224 e. The highest BCUT2D eigenvalue weighted by Gasteiger charge is 2.15. The molecule has 196 valence electrons. The van der Waals surface area contributed by atoms with Crippen LogP contribution in [-0.4, -0.2) is 5.91 Å². The predicted octanol–water partition coefficient (Wildman–Crippen LogP) is 10.3. The predicted molar refractivity (Wildman–Crippen MR) is 161 cm³/mol. The van der Waals surface area contributed by atoms with Gasteiger partial charge in [-0.15, -0.1) is 0 Å². The first-order chi connectivity index (χ1) is 17.5. The molecule has 1 amide bonds. The summed E-state index contributed by atoms with van der Waals surface area (Å²) in [5.74, 6) is 0.842. The molecule has 2 nitrogen and oxygen atoms in total. The number of hydrogen-bond acceptors (Lipinski definition) is 1. The van der Waals surface area contributed by atoms with E-state index in [-0.39, 0.29) is 5.91 Å². The Bertz CT molecular complexity index is 883. The van der Waals surface area contributed by atoms with Crippen molar-refractivity contribution in [3.63, 3.8) is 0 Å². The van der Waals surface area contributed by atoms with Gasteiger partial charge in [-0.25, -0.2) is 0 Å². The van der Waals surface area contributed by atoms with E-state index in [1.807, 2.05) is 0 Å². The van der Waals surface area contributed by atoms with Crippen LogP contribution in [0.15, 0.2) is 91.1 Å². The third-order valence-electron chi connectivity index (χ3n) is 5.77. The summed E-state index contributed by atoms with van der Waals surface area (Å²) in [6.45, 7) is 10.8. The van der Waals surface area contributed by atoms with E-state index in [1.54, 1.807) is 0 Å². The van der Waals surface area contributed by atoms with Gasteiger partial charge in [0, 0.05) is 12.1 Å². The largest absolute Gasteiger partial charge is 0.326 e. The maximum atomic E-state index is 12.6. The van der Waals surface area contributed by atoms with Crippen molar-refractivity contribution in [3.05, 3.63) is 102 Å². The molecule has 0 heterocycles. The Kier molecular flexibility index (Phi) is 17.6. The lowest BCUT2D eigenvalue weighted by molar-refractivity contribution is -0.116. The fourth-order valence-electron chi connectivity index (χ4n) is 3.75. The summed E-state index contributed by atoms with van der Waals surface area (Å²) in [5, 5.41) is 3.20. The maximum absolute atomic E-state index is 12.6. The SMILES string of the molecule is CCC=CCC=CCC=CCC=CCC=CCC=CCCC(=O)Nc1c(C(C)C)cccc1C(C)C. The molecule has 36 heavy (non-hydrogen) atoms. The molecule has 0 unspecified atom stereocenters. The fraction of sp³-hybridized carbons (Fsp3) is 0.441. The van der Waals surface area contributed by atoms with Crippen molar-refractivity contribution in [1.29, 1.82) is 0 Å². The zero-order chi connectivity index (χ0) is 26.4. The van der Waals surface area contributed by atoms with Crippen molar-refractivity contribution >= 4 is 11.6 Å². The molecule has 0 bridgehead atoms. The van der Waals surface area contributed by atoms with Gasteiger partial charge in [-0.05, 0) is 67.9 Å². The van der Waals surface area contributed by atoms with Crippen molar-refractivity contribution in [3.8, 4) is 0 Å². The lowest BCUT2D eigenvalue weighted by atomic mass is 9.92. The third-order valence-corrected chi connectivity index (χ3v) is 5.77. The minimum absolute atomic E-state index is 0.0875. The first-order valence-electron chi connectivity index (χ1n) is 13.8. The minimum Gasteiger partial charge on any atom is -0.326 e. The standard InChI is InChI=1S/C34H49NO/c1-6-7-8-9-10-11-12-13-14-15-16-17-18-19-20-21-22-23-24-28-33(36)35-34-31(29(2)3)26-25-27-32(34)30(4)5/h7-8,10-11,13-14,16-17,19-20,22-23,25-27,29-30H,6,9,12,15,18,21,24,28H2,1-5H3,(H,35,36). The van der Waals surface area contributed by atoms with E-state index in [9.17, 15) is 4.79 Å².